The van der Waals surface area contributed by atoms with Gasteiger partial charge in [-0.2, -0.15) is 0 Å². The molecule has 9 rings (SSSR count). The molecule has 5 aromatic carbocycles. The van der Waals surface area contributed by atoms with Gasteiger partial charge in [0.2, 0.25) is 0 Å². The maximum Gasteiger partial charge on any atom is 0.134 e. The first-order valence-corrected chi connectivity index (χ1v) is 16.0. The van der Waals surface area contributed by atoms with Crippen molar-refractivity contribution in [2.45, 2.75) is 26.2 Å². The van der Waals surface area contributed by atoms with Crippen molar-refractivity contribution in [3.63, 3.8) is 0 Å². The molecule has 3 heterocycles. The molecular weight excluding hydrogens is 784 g/mol. The molecule has 0 bridgehead atoms. The molecule has 3 aromatic heterocycles. The van der Waals surface area contributed by atoms with E-state index in [9.17, 15) is 0 Å². The van der Waals surface area contributed by atoms with Crippen LogP contribution in [0.5, 0.6) is 0 Å². The van der Waals surface area contributed by atoms with E-state index in [0.717, 1.165) is 38.9 Å². The molecule has 0 amide bonds. The Morgan fingerprint density at radius 1 is 0.673 bits per heavy atom. The maximum atomic E-state index is 15.5. The van der Waals surface area contributed by atoms with E-state index < -0.39 is 0 Å². The van der Waals surface area contributed by atoms with E-state index in [-0.39, 0.29) is 31.3 Å². The Hall–Kier alpha value is -5.22. The van der Waals surface area contributed by atoms with Crippen LogP contribution in [0.4, 0.5) is 4.39 Å². The molecule has 0 saturated carbocycles. The van der Waals surface area contributed by atoms with Gasteiger partial charge >= 0.3 is 0 Å². The third kappa shape index (κ3) is 5.69. The van der Waals surface area contributed by atoms with Gasteiger partial charge in [0.1, 0.15) is 11.4 Å². The van der Waals surface area contributed by atoms with Crippen LogP contribution in [0.25, 0.3) is 66.7 Å². The van der Waals surface area contributed by atoms with Crippen LogP contribution >= 0.6 is 0 Å². The van der Waals surface area contributed by atoms with Gasteiger partial charge in [0.05, 0.1) is 11.1 Å². The van der Waals surface area contributed by atoms with Crippen molar-refractivity contribution in [1.82, 2.24) is 9.97 Å². The Kier molecular flexibility index (Phi) is 8.58. The molecule has 0 saturated heterocycles. The number of furan rings is 1. The fourth-order valence-electron chi connectivity index (χ4n) is 6.79. The van der Waals surface area contributed by atoms with Gasteiger partial charge in [0, 0.05) is 43.3 Å². The zero-order valence-corrected chi connectivity index (χ0v) is 29.6. The third-order valence-electron chi connectivity index (χ3n) is 9.24. The van der Waals surface area contributed by atoms with Crippen LogP contribution < -0.4 is 0 Å². The van der Waals surface area contributed by atoms with Gasteiger partial charge in [-0.15, -0.1) is 54.1 Å². The van der Waals surface area contributed by atoms with E-state index in [1.807, 2.05) is 79.9 Å². The summed E-state index contributed by atoms with van der Waals surface area (Å²) in [5.41, 5.74) is 12.1. The minimum Gasteiger partial charge on any atom is -0.500 e. The Labute approximate surface area is 298 Å². The van der Waals surface area contributed by atoms with Gasteiger partial charge < -0.3 is 14.4 Å². The standard InChI is InChI=1S/C32H21FNO.C12H10N.Ir/c1-32(2)25-11-4-3-8-20(25)21-14-13-19(18-26(21)32)29-27(33)16-15-23-22-9-7-10-24(30(22)35-31(23)29)28-12-5-6-17-34-28;1-10-7-8-12(13-9-10)11-5-3-2-4-6-11;/h3-9,11-18H,1-2H3;2-5,7-9H,1H3;/q2*-1;. The SMILES string of the molecule is CC1(C)c2ccccc2-c2ccc(-c3c(F)ccc4c3oc3c(-c5ccccn5)[c-]ccc34)cc21.Cc1ccc(-c2[c-]cccc2)nc1.[Ir]. The molecule has 0 atom stereocenters. The molecule has 8 aromatic rings. The zero-order valence-electron chi connectivity index (χ0n) is 27.2. The predicted molar refractivity (Wildman–Crippen MR) is 192 cm³/mol. The second kappa shape index (κ2) is 13.0. The van der Waals surface area contributed by atoms with E-state index in [1.165, 1.54) is 33.9 Å². The number of aromatic nitrogens is 2. The van der Waals surface area contributed by atoms with E-state index in [1.54, 1.807) is 12.3 Å². The molecule has 1 aliphatic carbocycles. The summed E-state index contributed by atoms with van der Waals surface area (Å²) in [5.74, 6) is -0.298. The smallest absolute Gasteiger partial charge is 0.134 e. The van der Waals surface area contributed by atoms with Crippen LogP contribution in [0, 0.1) is 24.9 Å². The molecule has 0 unspecified atom stereocenters. The van der Waals surface area contributed by atoms with E-state index in [2.05, 4.69) is 78.4 Å². The average Bonchev–Trinajstić information content (AvgIpc) is 3.61. The number of nitrogens with zero attached hydrogens (tertiary/aromatic N) is 2. The van der Waals surface area contributed by atoms with Gasteiger partial charge in [-0.1, -0.05) is 85.5 Å². The number of pyridine rings is 2. The summed E-state index contributed by atoms with van der Waals surface area (Å²) in [6.45, 7) is 6.49. The van der Waals surface area contributed by atoms with Crippen LogP contribution in [0.1, 0.15) is 30.5 Å². The number of hydrogen-bond donors (Lipinski definition) is 0. The first kappa shape index (κ1) is 32.3. The monoisotopic (exact) mass is 815 g/mol. The van der Waals surface area contributed by atoms with Gasteiger partial charge in [-0.25, -0.2) is 4.39 Å². The molecule has 5 heteroatoms. The minimum atomic E-state index is -0.298. The van der Waals surface area contributed by atoms with Crippen molar-refractivity contribution < 1.29 is 28.9 Å². The summed E-state index contributed by atoms with van der Waals surface area (Å²) >= 11 is 0. The molecule has 1 radical (unpaired) electrons. The molecule has 1 aliphatic rings. The first-order chi connectivity index (χ1) is 23.4. The van der Waals surface area contributed by atoms with Crippen LogP contribution in [0.3, 0.4) is 0 Å². The summed E-state index contributed by atoms with van der Waals surface area (Å²) in [4.78, 5) is 8.79. The Morgan fingerprint density at radius 2 is 1.47 bits per heavy atom. The van der Waals surface area contributed by atoms with Gasteiger partial charge in [-0.05, 0) is 76.0 Å². The summed E-state index contributed by atoms with van der Waals surface area (Å²) in [6.07, 6.45) is 3.62. The maximum absolute atomic E-state index is 15.5. The van der Waals surface area contributed by atoms with Crippen LogP contribution in [0.15, 0.2) is 138 Å². The predicted octanol–water partition coefficient (Wildman–Crippen LogP) is 11.4. The summed E-state index contributed by atoms with van der Waals surface area (Å²) in [6, 6.07) is 46.0. The Bertz CT molecular complexity index is 2440. The van der Waals surface area contributed by atoms with Gasteiger partial charge in [-0.3, -0.25) is 0 Å². The van der Waals surface area contributed by atoms with Crippen LogP contribution in [-0.2, 0) is 25.5 Å². The Morgan fingerprint density at radius 3 is 2.24 bits per heavy atom. The molecular formula is C44H31FIrN2O-2. The van der Waals surface area contributed by atoms with Crippen LogP contribution in [0.2, 0.25) is 0 Å². The second-order valence-electron chi connectivity index (χ2n) is 12.6. The average molecular weight is 815 g/mol. The van der Waals surface area contributed by atoms with Crippen molar-refractivity contribution in [3.05, 3.63) is 168 Å². The molecule has 0 N–H and O–H groups in total. The van der Waals surface area contributed by atoms with E-state index in [0.29, 0.717) is 16.7 Å². The minimum absolute atomic E-state index is 0. The van der Waals surface area contributed by atoms with Crippen molar-refractivity contribution >= 4 is 21.9 Å². The number of halogens is 1. The zero-order chi connectivity index (χ0) is 32.8. The van der Waals surface area contributed by atoms with E-state index in [4.69, 9.17) is 4.42 Å². The second-order valence-corrected chi connectivity index (χ2v) is 12.6. The third-order valence-corrected chi connectivity index (χ3v) is 9.24. The van der Waals surface area contributed by atoms with Crippen molar-refractivity contribution in [3.8, 4) is 44.8 Å². The van der Waals surface area contributed by atoms with Crippen molar-refractivity contribution in [2.24, 2.45) is 0 Å². The van der Waals surface area contributed by atoms with Gasteiger partial charge in [0.25, 0.3) is 0 Å². The molecule has 241 valence electrons. The van der Waals surface area contributed by atoms with Gasteiger partial charge in [0.15, 0.2) is 0 Å². The summed E-state index contributed by atoms with van der Waals surface area (Å²) in [7, 11) is 0. The summed E-state index contributed by atoms with van der Waals surface area (Å²) in [5, 5.41) is 1.81. The topological polar surface area (TPSA) is 38.9 Å². The normalized spacial score (nSPS) is 12.5. The first-order valence-electron chi connectivity index (χ1n) is 16.0. The molecule has 0 spiro atoms. The van der Waals surface area contributed by atoms with Crippen LogP contribution in [-0.4, -0.2) is 9.97 Å². The quantitative estimate of drug-likeness (QED) is 0.167. The Balaban J connectivity index is 0.000000228. The molecule has 0 fully saturated rings. The number of fused-ring (bicyclic) bond motifs is 6. The van der Waals surface area contributed by atoms with Crippen molar-refractivity contribution in [1.29, 1.82) is 0 Å². The fraction of sp³-hybridized carbons (Fsp3) is 0.0909. The number of benzene rings is 5. The van der Waals surface area contributed by atoms with E-state index >= 15 is 4.39 Å². The molecule has 49 heavy (non-hydrogen) atoms. The molecule has 3 nitrogen and oxygen atoms in total. The van der Waals surface area contributed by atoms with Crippen molar-refractivity contribution in [2.75, 3.05) is 0 Å². The largest absolute Gasteiger partial charge is 0.500 e. The molecule has 0 aliphatic heterocycles. The summed E-state index contributed by atoms with van der Waals surface area (Å²) < 4.78 is 21.9. The number of aryl methyl sites for hydroxylation is 1. The number of hydrogen-bond acceptors (Lipinski definition) is 3. The number of rotatable bonds is 3. The fourth-order valence-corrected chi connectivity index (χ4v) is 6.79.